The van der Waals surface area contributed by atoms with Crippen molar-refractivity contribution in [1.82, 2.24) is 14.5 Å². The molecule has 1 saturated heterocycles. The van der Waals surface area contributed by atoms with Crippen molar-refractivity contribution in [2.75, 3.05) is 0 Å². The van der Waals surface area contributed by atoms with Crippen molar-refractivity contribution in [2.45, 2.75) is 57.0 Å². The van der Waals surface area contributed by atoms with Gasteiger partial charge in [0.1, 0.15) is 18.6 Å². The molecular formula is C12H18N4O3. The Kier molecular flexibility index (Phi) is 2.83. The van der Waals surface area contributed by atoms with E-state index in [1.165, 1.54) is 12.6 Å². The molecule has 1 saturated carbocycles. The fourth-order valence-corrected chi connectivity index (χ4v) is 3.73. The van der Waals surface area contributed by atoms with E-state index < -0.39 is 11.2 Å². The van der Waals surface area contributed by atoms with E-state index in [9.17, 15) is 15.2 Å². The van der Waals surface area contributed by atoms with Crippen LogP contribution in [0.4, 0.5) is 5.95 Å². The molecule has 1 aromatic heterocycles. The Morgan fingerprint density at radius 2 is 2.47 bits per heavy atom. The van der Waals surface area contributed by atoms with Crippen LogP contribution in [0.1, 0.15) is 32.6 Å². The van der Waals surface area contributed by atoms with Crippen LogP contribution >= 0.6 is 0 Å². The predicted octanol–water partition coefficient (Wildman–Crippen LogP) is 1.13. The highest BCUT2D eigenvalue weighted by Crippen LogP contribution is 2.53. The van der Waals surface area contributed by atoms with E-state index in [-0.39, 0.29) is 11.5 Å². The maximum atomic E-state index is 10.9. The van der Waals surface area contributed by atoms with Crippen LogP contribution in [0.3, 0.4) is 0 Å². The highest BCUT2D eigenvalue weighted by Gasteiger charge is 2.65. The first kappa shape index (κ1) is 12.6. The second-order valence-corrected chi connectivity index (χ2v) is 5.52. The molecule has 4 unspecified atom stereocenters. The lowest BCUT2D eigenvalue weighted by atomic mass is 9.89. The summed E-state index contributed by atoms with van der Waals surface area (Å²) in [6.07, 6.45) is 6.94. The van der Waals surface area contributed by atoms with Gasteiger partial charge in [-0.1, -0.05) is 17.8 Å². The Balaban J connectivity index is 1.85. The first-order valence-corrected chi connectivity index (χ1v) is 6.68. The normalized spacial score (nSPS) is 34.6. The van der Waals surface area contributed by atoms with Crippen molar-refractivity contribution in [2.24, 2.45) is 0 Å². The van der Waals surface area contributed by atoms with Gasteiger partial charge in [0, 0.05) is 6.04 Å². The highest BCUT2D eigenvalue weighted by atomic mass is 16.6. The van der Waals surface area contributed by atoms with E-state index in [0.29, 0.717) is 12.6 Å². The van der Waals surface area contributed by atoms with Crippen LogP contribution in [-0.2, 0) is 6.54 Å². The average molecular weight is 266 g/mol. The molecule has 2 heterocycles. The number of imidazole rings is 1. The number of aliphatic hydroxyl groups is 1. The third-order valence-electron chi connectivity index (χ3n) is 4.44. The second kappa shape index (κ2) is 4.28. The number of aromatic nitrogens is 2. The van der Waals surface area contributed by atoms with Crippen LogP contribution in [0.5, 0.6) is 0 Å². The smallest absolute Gasteiger partial charge is 0.390 e. The first-order valence-electron chi connectivity index (χ1n) is 6.68. The molecule has 7 nitrogen and oxygen atoms in total. The fourth-order valence-electron chi connectivity index (χ4n) is 3.73. The fraction of sp³-hybridized carbons (Fsp3) is 0.750. The van der Waals surface area contributed by atoms with Gasteiger partial charge in [-0.3, -0.25) is 4.90 Å². The number of fused-ring (bicyclic) bond motifs is 1. The zero-order valence-corrected chi connectivity index (χ0v) is 10.9. The summed E-state index contributed by atoms with van der Waals surface area (Å²) < 4.78 is 1.60. The molecule has 4 atom stereocenters. The number of hydrogen-bond donors (Lipinski definition) is 1. The molecule has 0 aromatic carbocycles. The van der Waals surface area contributed by atoms with E-state index in [2.05, 4.69) is 9.88 Å². The minimum Gasteiger partial charge on any atom is -0.390 e. The molecule has 1 aliphatic heterocycles. The number of nitrogens with zero attached hydrogens (tertiary/aromatic N) is 4. The summed E-state index contributed by atoms with van der Waals surface area (Å²) in [5.41, 5.74) is -0.113. The lowest BCUT2D eigenvalue weighted by molar-refractivity contribution is -0.396. The second-order valence-electron chi connectivity index (χ2n) is 5.52. The molecular weight excluding hydrogens is 248 g/mol. The van der Waals surface area contributed by atoms with Gasteiger partial charge in [-0.2, -0.15) is 0 Å². The molecule has 104 valence electrons. The Morgan fingerprint density at radius 3 is 3.16 bits per heavy atom. The van der Waals surface area contributed by atoms with E-state index >= 15 is 0 Å². The standard InChI is InChI=1S/C12H18N4O3/c1-9(17)15-10-4-2-3-5-12(10,15)8-14-7-6-13-11(14)16(18)19/h6-7,9-10,17H,2-5,8H2,1H3. The maximum Gasteiger partial charge on any atom is 0.434 e. The number of aliphatic hydroxyl groups excluding tert-OH is 1. The summed E-state index contributed by atoms with van der Waals surface area (Å²) in [5.74, 6) is -0.115. The molecule has 2 aliphatic rings. The summed E-state index contributed by atoms with van der Waals surface area (Å²) in [7, 11) is 0. The van der Waals surface area contributed by atoms with Gasteiger partial charge in [0.2, 0.25) is 0 Å². The van der Waals surface area contributed by atoms with E-state index in [0.717, 1.165) is 19.3 Å². The van der Waals surface area contributed by atoms with Crippen molar-refractivity contribution in [3.05, 3.63) is 22.5 Å². The van der Waals surface area contributed by atoms with Crippen LogP contribution in [-0.4, -0.2) is 42.3 Å². The molecule has 0 radical (unpaired) electrons. The van der Waals surface area contributed by atoms with Crippen molar-refractivity contribution in [1.29, 1.82) is 0 Å². The van der Waals surface area contributed by atoms with Gasteiger partial charge < -0.3 is 15.2 Å². The third kappa shape index (κ3) is 1.84. The molecule has 7 heteroatoms. The van der Waals surface area contributed by atoms with Gasteiger partial charge in [0.05, 0.1) is 12.1 Å². The van der Waals surface area contributed by atoms with Crippen LogP contribution in [0.2, 0.25) is 0 Å². The quantitative estimate of drug-likeness (QED) is 0.501. The minimum absolute atomic E-state index is 0.113. The van der Waals surface area contributed by atoms with Crippen molar-refractivity contribution >= 4 is 5.95 Å². The van der Waals surface area contributed by atoms with Gasteiger partial charge in [-0.15, -0.1) is 0 Å². The molecule has 0 amide bonds. The lowest BCUT2D eigenvalue weighted by Crippen LogP contribution is -2.31. The molecule has 19 heavy (non-hydrogen) atoms. The zero-order chi connectivity index (χ0) is 13.6. The molecule has 1 aromatic rings. The average Bonchev–Trinajstić information content (AvgIpc) is 2.78. The lowest BCUT2D eigenvalue weighted by Gasteiger charge is -2.20. The Labute approximate surface area is 111 Å². The molecule has 1 N–H and O–H groups in total. The predicted molar refractivity (Wildman–Crippen MR) is 67.4 cm³/mol. The van der Waals surface area contributed by atoms with Gasteiger partial charge in [-0.25, -0.2) is 4.57 Å². The number of rotatable bonds is 4. The number of hydrogen-bond acceptors (Lipinski definition) is 5. The van der Waals surface area contributed by atoms with Crippen LogP contribution in [0.25, 0.3) is 0 Å². The van der Waals surface area contributed by atoms with E-state index in [1.54, 1.807) is 17.7 Å². The molecule has 2 fully saturated rings. The van der Waals surface area contributed by atoms with Crippen molar-refractivity contribution in [3.8, 4) is 0 Å². The van der Waals surface area contributed by atoms with Gasteiger partial charge in [-0.05, 0) is 24.7 Å². The van der Waals surface area contributed by atoms with Gasteiger partial charge in [0.15, 0.2) is 0 Å². The van der Waals surface area contributed by atoms with Crippen LogP contribution in [0, 0.1) is 10.1 Å². The zero-order valence-electron chi connectivity index (χ0n) is 10.9. The first-order chi connectivity index (χ1) is 9.06. The maximum absolute atomic E-state index is 10.9. The topological polar surface area (TPSA) is 84.2 Å². The summed E-state index contributed by atoms with van der Waals surface area (Å²) in [6, 6.07) is 0.350. The highest BCUT2D eigenvalue weighted by molar-refractivity contribution is 5.21. The Morgan fingerprint density at radius 1 is 1.68 bits per heavy atom. The van der Waals surface area contributed by atoms with Gasteiger partial charge in [0.25, 0.3) is 0 Å². The van der Waals surface area contributed by atoms with Crippen molar-refractivity contribution < 1.29 is 10.0 Å². The monoisotopic (exact) mass is 266 g/mol. The molecule has 0 bridgehead atoms. The van der Waals surface area contributed by atoms with E-state index in [1.807, 2.05) is 0 Å². The molecule has 1 aliphatic carbocycles. The van der Waals surface area contributed by atoms with Crippen molar-refractivity contribution in [3.63, 3.8) is 0 Å². The van der Waals surface area contributed by atoms with E-state index in [4.69, 9.17) is 0 Å². The Hall–Kier alpha value is -1.47. The molecule has 0 spiro atoms. The minimum atomic E-state index is -0.495. The molecule has 3 rings (SSSR count). The summed E-state index contributed by atoms with van der Waals surface area (Å²) in [6.45, 7) is 2.31. The third-order valence-corrected chi connectivity index (χ3v) is 4.44. The summed E-state index contributed by atoms with van der Waals surface area (Å²) >= 11 is 0. The summed E-state index contributed by atoms with van der Waals surface area (Å²) in [5, 5.41) is 20.8. The van der Waals surface area contributed by atoms with Crippen LogP contribution in [0.15, 0.2) is 12.4 Å². The summed E-state index contributed by atoms with van der Waals surface area (Å²) in [4.78, 5) is 16.3. The largest absolute Gasteiger partial charge is 0.434 e. The van der Waals surface area contributed by atoms with Crippen LogP contribution < -0.4 is 0 Å². The number of nitro groups is 1. The van der Waals surface area contributed by atoms with Gasteiger partial charge >= 0.3 is 5.95 Å². The SMILES string of the molecule is CC(O)N1C2CCCCC21Cn1ccnc1[N+](=O)[O-]. The number of likely N-dealkylation sites (tertiary alicyclic amines) is 1. The Bertz CT molecular complexity index is 501.